The highest BCUT2D eigenvalue weighted by molar-refractivity contribution is 7.92. The van der Waals surface area contributed by atoms with Crippen LogP contribution in [0.1, 0.15) is 30.4 Å². The van der Waals surface area contributed by atoms with Gasteiger partial charge in [-0.25, -0.2) is 8.42 Å². The molecule has 3 N–H and O–H groups in total. The van der Waals surface area contributed by atoms with Gasteiger partial charge in [0.05, 0.1) is 11.5 Å². The van der Waals surface area contributed by atoms with Crippen LogP contribution in [0.15, 0.2) is 47.4 Å². The number of aromatic hydroxyl groups is 1. The molecular weight excluding hydrogens is 314 g/mol. The Labute approximate surface area is 136 Å². The molecule has 2 aromatic rings. The van der Waals surface area contributed by atoms with Crippen molar-refractivity contribution in [1.82, 2.24) is 0 Å². The number of aliphatic hydroxyl groups is 1. The number of aliphatic hydroxyl groups excluding tert-OH is 1. The van der Waals surface area contributed by atoms with Gasteiger partial charge in [-0.1, -0.05) is 24.6 Å². The average molecular weight is 335 g/mol. The lowest BCUT2D eigenvalue weighted by Crippen LogP contribution is -2.13. The van der Waals surface area contributed by atoms with Crippen molar-refractivity contribution in [1.29, 1.82) is 0 Å². The number of nitrogens with one attached hydrogen (secondary N) is 1. The second kappa shape index (κ2) is 7.02. The molecule has 0 aliphatic rings. The Balaban J connectivity index is 2.32. The number of benzene rings is 2. The van der Waals surface area contributed by atoms with Crippen LogP contribution in [0.2, 0.25) is 0 Å². The van der Waals surface area contributed by atoms with E-state index in [2.05, 4.69) is 4.72 Å². The molecule has 23 heavy (non-hydrogen) atoms. The molecule has 6 heteroatoms. The van der Waals surface area contributed by atoms with Crippen LogP contribution >= 0.6 is 0 Å². The molecule has 0 unspecified atom stereocenters. The Bertz CT molecular complexity index is 766. The number of rotatable bonds is 6. The molecule has 0 aliphatic heterocycles. The Morgan fingerprint density at radius 2 is 1.78 bits per heavy atom. The maximum Gasteiger partial charge on any atom is 0.261 e. The second-order valence-corrected chi connectivity index (χ2v) is 7.16. The van der Waals surface area contributed by atoms with Gasteiger partial charge in [-0.3, -0.25) is 4.72 Å². The average Bonchev–Trinajstić information content (AvgIpc) is 2.51. The summed E-state index contributed by atoms with van der Waals surface area (Å²) < 4.78 is 27.3. The van der Waals surface area contributed by atoms with Gasteiger partial charge in [0.2, 0.25) is 0 Å². The SMILES string of the molecule is CC[C@@H](CO)c1cc(NS(=O)(=O)c2ccc(C)cc2)ccc1O. The molecule has 0 spiro atoms. The lowest BCUT2D eigenvalue weighted by molar-refractivity contribution is 0.259. The van der Waals surface area contributed by atoms with Crippen LogP contribution in [0.4, 0.5) is 5.69 Å². The monoisotopic (exact) mass is 335 g/mol. The van der Waals surface area contributed by atoms with Gasteiger partial charge in [-0.05, 0) is 43.7 Å². The van der Waals surface area contributed by atoms with Crippen LogP contribution < -0.4 is 4.72 Å². The molecule has 1 atom stereocenters. The van der Waals surface area contributed by atoms with E-state index in [0.717, 1.165) is 5.56 Å². The molecule has 0 radical (unpaired) electrons. The Kier molecular flexibility index (Phi) is 5.28. The number of phenols is 1. The first-order chi connectivity index (χ1) is 10.9. The fraction of sp³-hybridized carbons (Fsp3) is 0.294. The molecule has 0 amide bonds. The van der Waals surface area contributed by atoms with Crippen LogP contribution in [0.5, 0.6) is 5.75 Å². The van der Waals surface area contributed by atoms with Crippen molar-refractivity contribution in [3.8, 4) is 5.75 Å². The lowest BCUT2D eigenvalue weighted by atomic mass is 9.96. The number of phenolic OH excluding ortho intramolecular Hbond substituents is 1. The van der Waals surface area contributed by atoms with Crippen molar-refractivity contribution < 1.29 is 18.6 Å². The van der Waals surface area contributed by atoms with Crippen LogP contribution in [0.25, 0.3) is 0 Å². The minimum atomic E-state index is -3.69. The van der Waals surface area contributed by atoms with E-state index in [9.17, 15) is 18.6 Å². The van der Waals surface area contributed by atoms with Crippen LogP contribution in [0.3, 0.4) is 0 Å². The third-order valence-corrected chi connectivity index (χ3v) is 5.16. The standard InChI is InChI=1S/C17H21NO4S/c1-3-13(11-19)16-10-14(6-9-17(16)20)18-23(21,22)15-7-4-12(2)5-8-15/h4-10,13,18-20H,3,11H2,1-2H3/t13-/m0/s1. The van der Waals surface area contributed by atoms with Gasteiger partial charge in [0.15, 0.2) is 0 Å². The van der Waals surface area contributed by atoms with E-state index in [0.29, 0.717) is 17.7 Å². The summed E-state index contributed by atoms with van der Waals surface area (Å²) in [7, 11) is -3.69. The Morgan fingerprint density at radius 1 is 1.13 bits per heavy atom. The van der Waals surface area contributed by atoms with Gasteiger partial charge in [0.1, 0.15) is 5.75 Å². The first-order valence-corrected chi connectivity index (χ1v) is 8.89. The van der Waals surface area contributed by atoms with Crippen LogP contribution in [-0.4, -0.2) is 25.2 Å². The molecule has 124 valence electrons. The predicted molar refractivity (Wildman–Crippen MR) is 90.2 cm³/mol. The topological polar surface area (TPSA) is 86.6 Å². The van der Waals surface area contributed by atoms with Crippen molar-refractivity contribution in [2.45, 2.75) is 31.1 Å². The summed E-state index contributed by atoms with van der Waals surface area (Å²) in [6, 6.07) is 11.0. The summed E-state index contributed by atoms with van der Waals surface area (Å²) in [5.41, 5.74) is 1.86. The van der Waals surface area contributed by atoms with Gasteiger partial charge in [-0.15, -0.1) is 0 Å². The lowest BCUT2D eigenvalue weighted by Gasteiger charge is -2.16. The number of hydrogen-bond donors (Lipinski definition) is 3. The molecule has 0 saturated carbocycles. The van der Waals surface area contributed by atoms with Crippen molar-refractivity contribution in [2.24, 2.45) is 0 Å². The highest BCUT2D eigenvalue weighted by Gasteiger charge is 2.17. The first kappa shape index (κ1) is 17.3. The van der Waals surface area contributed by atoms with Gasteiger partial charge in [0.25, 0.3) is 10.0 Å². The molecule has 0 bridgehead atoms. The molecule has 2 aromatic carbocycles. The Hall–Kier alpha value is -2.05. The maximum absolute atomic E-state index is 12.4. The fourth-order valence-corrected chi connectivity index (χ4v) is 3.37. The summed E-state index contributed by atoms with van der Waals surface area (Å²) in [6.45, 7) is 3.66. The third-order valence-electron chi connectivity index (χ3n) is 3.76. The van der Waals surface area contributed by atoms with E-state index in [4.69, 9.17) is 0 Å². The zero-order valence-electron chi connectivity index (χ0n) is 13.2. The van der Waals surface area contributed by atoms with Crippen molar-refractivity contribution in [2.75, 3.05) is 11.3 Å². The zero-order chi connectivity index (χ0) is 17.0. The molecular formula is C17H21NO4S. The number of anilines is 1. The van der Waals surface area contributed by atoms with Crippen LogP contribution in [0, 0.1) is 6.92 Å². The summed E-state index contributed by atoms with van der Waals surface area (Å²) >= 11 is 0. The van der Waals surface area contributed by atoms with E-state index in [-0.39, 0.29) is 23.2 Å². The van der Waals surface area contributed by atoms with E-state index < -0.39 is 10.0 Å². The van der Waals surface area contributed by atoms with Gasteiger partial charge < -0.3 is 10.2 Å². The molecule has 0 aromatic heterocycles. The smallest absolute Gasteiger partial charge is 0.261 e. The summed E-state index contributed by atoms with van der Waals surface area (Å²) in [5.74, 6) is -0.192. The van der Waals surface area contributed by atoms with E-state index >= 15 is 0 Å². The van der Waals surface area contributed by atoms with Gasteiger partial charge in [0, 0.05) is 17.2 Å². The minimum absolute atomic E-state index is 0.0455. The normalized spacial score (nSPS) is 12.8. The number of sulfonamides is 1. The minimum Gasteiger partial charge on any atom is -0.508 e. The first-order valence-electron chi connectivity index (χ1n) is 7.40. The third kappa shape index (κ3) is 4.03. The molecule has 0 heterocycles. The Morgan fingerprint density at radius 3 is 2.35 bits per heavy atom. The van der Waals surface area contributed by atoms with Crippen molar-refractivity contribution in [3.05, 3.63) is 53.6 Å². The molecule has 0 fully saturated rings. The van der Waals surface area contributed by atoms with Crippen molar-refractivity contribution in [3.63, 3.8) is 0 Å². The highest BCUT2D eigenvalue weighted by atomic mass is 32.2. The summed E-state index contributed by atoms with van der Waals surface area (Å²) in [6.07, 6.45) is 0.637. The van der Waals surface area contributed by atoms with Crippen LogP contribution in [-0.2, 0) is 10.0 Å². The second-order valence-electron chi connectivity index (χ2n) is 5.48. The van der Waals surface area contributed by atoms with Gasteiger partial charge >= 0.3 is 0 Å². The number of aryl methyl sites for hydroxylation is 1. The number of hydrogen-bond acceptors (Lipinski definition) is 4. The summed E-state index contributed by atoms with van der Waals surface area (Å²) in [4.78, 5) is 0.173. The summed E-state index contributed by atoms with van der Waals surface area (Å²) in [5, 5.41) is 19.3. The van der Waals surface area contributed by atoms with E-state index in [1.165, 1.54) is 12.1 Å². The quantitative estimate of drug-likeness (QED) is 0.708. The predicted octanol–water partition coefficient (Wildman–Crippen LogP) is 2.99. The largest absolute Gasteiger partial charge is 0.508 e. The van der Waals surface area contributed by atoms with Crippen molar-refractivity contribution >= 4 is 15.7 Å². The zero-order valence-corrected chi connectivity index (χ0v) is 14.0. The fourth-order valence-electron chi connectivity index (χ4n) is 2.32. The highest BCUT2D eigenvalue weighted by Crippen LogP contribution is 2.31. The van der Waals surface area contributed by atoms with E-state index in [1.54, 1.807) is 30.3 Å². The van der Waals surface area contributed by atoms with Gasteiger partial charge in [-0.2, -0.15) is 0 Å². The molecule has 0 saturated heterocycles. The maximum atomic E-state index is 12.4. The molecule has 0 aliphatic carbocycles. The molecule has 2 rings (SSSR count). The van der Waals surface area contributed by atoms with E-state index in [1.807, 2.05) is 13.8 Å². The molecule has 5 nitrogen and oxygen atoms in total.